The van der Waals surface area contributed by atoms with Gasteiger partial charge in [-0.15, -0.1) is 0 Å². The molecule has 0 radical (unpaired) electrons. The highest BCUT2D eigenvalue weighted by atomic mass is 16.4. The minimum Gasteiger partial charge on any atom is -0.480 e. The number of amides is 2. The second kappa shape index (κ2) is 9.33. The Bertz CT molecular complexity index is 1350. The molecule has 1 unspecified atom stereocenters. The molecule has 188 valence electrons. The first kappa shape index (κ1) is 23.9. The summed E-state index contributed by atoms with van der Waals surface area (Å²) in [6, 6.07) is 14.9. The first-order chi connectivity index (χ1) is 17.3. The monoisotopic (exact) mass is 488 g/mol. The van der Waals surface area contributed by atoms with Crippen LogP contribution in [0.4, 0.5) is 5.69 Å². The summed E-state index contributed by atoms with van der Waals surface area (Å²) in [7, 11) is 2.01. The number of rotatable bonds is 7. The van der Waals surface area contributed by atoms with Crippen molar-refractivity contribution in [1.82, 2.24) is 14.8 Å². The molecule has 1 aromatic heterocycles. The third kappa shape index (κ3) is 3.81. The standard InChI is InChI=1S/C28H32N4O4/c1-4-17(2)24(28(35)36)29-23(33)14-16-31-22-12-8-5-9-18(22)19-13-15-32-26(25(19)31)30(3)21-11-7-6-10-20(21)27(32)34/h5-12,17,24,26H,4,13-16H2,1-3H3,(H,29,33)(H,35,36)/t17-,24+,26?/m1/s1. The van der Waals surface area contributed by atoms with Crippen molar-refractivity contribution in [3.63, 3.8) is 0 Å². The lowest BCUT2D eigenvalue weighted by atomic mass is 9.96. The second-order valence-corrected chi connectivity index (χ2v) is 9.80. The van der Waals surface area contributed by atoms with Gasteiger partial charge in [-0.05, 0) is 36.1 Å². The molecule has 0 aliphatic carbocycles. The van der Waals surface area contributed by atoms with Gasteiger partial charge in [0.25, 0.3) is 5.91 Å². The van der Waals surface area contributed by atoms with Crippen LogP contribution < -0.4 is 10.2 Å². The third-order valence-electron chi connectivity index (χ3n) is 7.76. The molecule has 3 atom stereocenters. The van der Waals surface area contributed by atoms with Crippen LogP contribution in [0.25, 0.3) is 10.9 Å². The molecule has 36 heavy (non-hydrogen) atoms. The number of hydrogen-bond donors (Lipinski definition) is 2. The van der Waals surface area contributed by atoms with Crippen molar-refractivity contribution in [2.45, 2.75) is 51.9 Å². The Hall–Kier alpha value is -3.81. The van der Waals surface area contributed by atoms with Crippen LogP contribution >= 0.6 is 0 Å². The number of carboxylic acids is 1. The lowest BCUT2D eigenvalue weighted by molar-refractivity contribution is -0.143. The number of para-hydroxylation sites is 2. The van der Waals surface area contributed by atoms with Crippen LogP contribution in [-0.2, 0) is 22.6 Å². The third-order valence-corrected chi connectivity index (χ3v) is 7.76. The Morgan fingerprint density at radius 1 is 1.14 bits per heavy atom. The fourth-order valence-corrected chi connectivity index (χ4v) is 5.69. The SMILES string of the molecule is CC[C@@H](C)[C@H](NC(=O)CCn1c2c(c3ccccc31)CCN1C(=O)c3ccccc3N(C)C21)C(=O)O. The van der Waals surface area contributed by atoms with Gasteiger partial charge in [0.15, 0.2) is 0 Å². The van der Waals surface area contributed by atoms with Crippen molar-refractivity contribution in [1.29, 1.82) is 0 Å². The largest absolute Gasteiger partial charge is 0.480 e. The predicted octanol–water partition coefficient (Wildman–Crippen LogP) is 3.79. The van der Waals surface area contributed by atoms with Gasteiger partial charge in [-0.2, -0.15) is 0 Å². The van der Waals surface area contributed by atoms with Gasteiger partial charge in [-0.1, -0.05) is 50.6 Å². The highest BCUT2D eigenvalue weighted by Gasteiger charge is 2.42. The van der Waals surface area contributed by atoms with E-state index in [0.717, 1.165) is 28.7 Å². The van der Waals surface area contributed by atoms with Crippen LogP contribution in [0, 0.1) is 5.92 Å². The van der Waals surface area contributed by atoms with Crippen LogP contribution in [0.2, 0.25) is 0 Å². The molecule has 0 saturated carbocycles. The molecule has 0 spiro atoms. The number of carboxylic acid groups (broad SMARTS) is 1. The zero-order chi connectivity index (χ0) is 25.6. The molecule has 2 aliphatic rings. The minimum absolute atomic E-state index is 0.0201. The fraction of sp³-hybridized carbons (Fsp3) is 0.393. The lowest BCUT2D eigenvalue weighted by Crippen LogP contribution is -2.51. The van der Waals surface area contributed by atoms with Crippen molar-refractivity contribution in [2.24, 2.45) is 5.92 Å². The zero-order valence-corrected chi connectivity index (χ0v) is 20.9. The Labute approximate surface area is 210 Å². The van der Waals surface area contributed by atoms with Crippen molar-refractivity contribution in [2.75, 3.05) is 18.5 Å². The molecule has 0 fully saturated rings. The number of anilines is 1. The molecular weight excluding hydrogens is 456 g/mol. The van der Waals surface area contributed by atoms with E-state index in [1.807, 2.05) is 68.3 Å². The maximum Gasteiger partial charge on any atom is 0.326 e. The molecule has 8 heteroatoms. The lowest BCUT2D eigenvalue weighted by Gasteiger charge is -2.46. The molecule has 3 aromatic rings. The molecule has 8 nitrogen and oxygen atoms in total. The summed E-state index contributed by atoms with van der Waals surface area (Å²) in [6.07, 6.45) is 1.26. The molecule has 0 saturated heterocycles. The van der Waals surface area contributed by atoms with Crippen molar-refractivity contribution < 1.29 is 19.5 Å². The number of aryl methyl sites for hydroxylation is 1. The van der Waals surface area contributed by atoms with Crippen LogP contribution in [-0.4, -0.2) is 52.0 Å². The van der Waals surface area contributed by atoms with Gasteiger partial charge in [-0.3, -0.25) is 9.59 Å². The number of aliphatic carboxylic acids is 1. The van der Waals surface area contributed by atoms with E-state index in [2.05, 4.69) is 20.9 Å². The number of nitrogens with one attached hydrogen (secondary N) is 1. The average Bonchev–Trinajstić information content (AvgIpc) is 3.21. The van der Waals surface area contributed by atoms with E-state index in [-0.39, 0.29) is 30.3 Å². The summed E-state index contributed by atoms with van der Waals surface area (Å²) in [5, 5.41) is 13.4. The number of nitrogens with zero attached hydrogens (tertiary/aromatic N) is 3. The van der Waals surface area contributed by atoms with E-state index >= 15 is 0 Å². The van der Waals surface area contributed by atoms with Crippen molar-refractivity contribution >= 4 is 34.4 Å². The van der Waals surface area contributed by atoms with Crippen LogP contribution in [0.5, 0.6) is 0 Å². The second-order valence-electron chi connectivity index (χ2n) is 9.80. The summed E-state index contributed by atoms with van der Waals surface area (Å²) < 4.78 is 2.15. The molecule has 2 N–H and O–H groups in total. The Morgan fingerprint density at radius 3 is 2.61 bits per heavy atom. The molecule has 3 heterocycles. The van der Waals surface area contributed by atoms with Gasteiger partial charge in [0.2, 0.25) is 5.91 Å². The first-order valence-electron chi connectivity index (χ1n) is 12.6. The van der Waals surface area contributed by atoms with Gasteiger partial charge in [-0.25, -0.2) is 4.79 Å². The zero-order valence-electron chi connectivity index (χ0n) is 20.9. The van der Waals surface area contributed by atoms with E-state index < -0.39 is 12.0 Å². The summed E-state index contributed by atoms with van der Waals surface area (Å²) in [5.41, 5.74) is 4.84. The summed E-state index contributed by atoms with van der Waals surface area (Å²) >= 11 is 0. The molecule has 2 aromatic carbocycles. The molecule has 2 amide bonds. The van der Waals surface area contributed by atoms with Crippen molar-refractivity contribution in [3.05, 3.63) is 65.4 Å². The number of carbonyl (C=O) groups is 3. The van der Waals surface area contributed by atoms with Gasteiger partial charge in [0, 0.05) is 37.5 Å². The normalized spacial score (nSPS) is 18.3. The Morgan fingerprint density at radius 2 is 1.86 bits per heavy atom. The minimum atomic E-state index is -1.02. The predicted molar refractivity (Wildman–Crippen MR) is 138 cm³/mol. The van der Waals surface area contributed by atoms with Crippen LogP contribution in [0.3, 0.4) is 0 Å². The van der Waals surface area contributed by atoms with E-state index in [4.69, 9.17) is 0 Å². The van der Waals surface area contributed by atoms with Gasteiger partial charge in [0.05, 0.1) is 16.9 Å². The van der Waals surface area contributed by atoms with E-state index in [1.165, 1.54) is 5.56 Å². The Balaban J connectivity index is 1.51. The maximum absolute atomic E-state index is 13.4. The van der Waals surface area contributed by atoms with Gasteiger partial charge < -0.3 is 24.8 Å². The number of aromatic nitrogens is 1. The number of benzene rings is 2. The average molecular weight is 489 g/mol. The van der Waals surface area contributed by atoms with Crippen LogP contribution in [0.1, 0.15) is 54.5 Å². The Kier molecular flexibility index (Phi) is 6.20. The number of fused-ring (bicyclic) bond motifs is 6. The molecular formula is C28H32N4O4. The number of hydrogen-bond acceptors (Lipinski definition) is 4. The maximum atomic E-state index is 13.4. The summed E-state index contributed by atoms with van der Waals surface area (Å²) in [6.45, 7) is 4.76. The molecule has 0 bridgehead atoms. The smallest absolute Gasteiger partial charge is 0.326 e. The van der Waals surface area contributed by atoms with Gasteiger partial charge >= 0.3 is 5.97 Å². The molecule has 5 rings (SSSR count). The van der Waals surface area contributed by atoms with E-state index in [1.54, 1.807) is 0 Å². The van der Waals surface area contributed by atoms with E-state index in [9.17, 15) is 19.5 Å². The summed E-state index contributed by atoms with van der Waals surface area (Å²) in [5.74, 6) is -1.45. The summed E-state index contributed by atoms with van der Waals surface area (Å²) in [4.78, 5) is 42.1. The quantitative estimate of drug-likeness (QED) is 0.528. The van der Waals surface area contributed by atoms with Crippen molar-refractivity contribution in [3.8, 4) is 0 Å². The highest BCUT2D eigenvalue weighted by molar-refractivity contribution is 6.02. The van der Waals surface area contributed by atoms with Gasteiger partial charge in [0.1, 0.15) is 12.2 Å². The number of carbonyl (C=O) groups excluding carboxylic acids is 2. The first-order valence-corrected chi connectivity index (χ1v) is 12.6. The van der Waals surface area contributed by atoms with Crippen LogP contribution in [0.15, 0.2) is 48.5 Å². The van der Waals surface area contributed by atoms with E-state index in [0.29, 0.717) is 25.1 Å². The molecule has 2 aliphatic heterocycles. The topological polar surface area (TPSA) is 94.9 Å². The highest BCUT2D eigenvalue weighted by Crippen LogP contribution is 2.44. The fourth-order valence-electron chi connectivity index (χ4n) is 5.69.